The number of rotatable bonds is 7. The van der Waals surface area contributed by atoms with Gasteiger partial charge in [-0.3, -0.25) is 4.79 Å². The van der Waals surface area contributed by atoms with Crippen molar-refractivity contribution in [2.24, 2.45) is 0 Å². The van der Waals surface area contributed by atoms with E-state index in [0.717, 1.165) is 5.56 Å². The lowest BCUT2D eigenvalue weighted by Gasteiger charge is -2.44. The van der Waals surface area contributed by atoms with Crippen molar-refractivity contribution in [3.05, 3.63) is 23.8 Å². The molecule has 158 valence electrons. The molecule has 2 rings (SSSR count). The fourth-order valence-electron chi connectivity index (χ4n) is 3.12. The molecule has 1 amide bonds. The summed E-state index contributed by atoms with van der Waals surface area (Å²) in [6.45, 7) is 11.3. The first-order valence-corrected chi connectivity index (χ1v) is 12.8. The number of methoxy groups -OCH3 is 2. The number of amides is 1. The van der Waals surface area contributed by atoms with Gasteiger partial charge in [0, 0.05) is 13.0 Å². The zero-order valence-corrected chi connectivity index (χ0v) is 19.2. The minimum atomic E-state index is -2.02. The third kappa shape index (κ3) is 5.07. The number of aliphatic hydroxyl groups is 1. The fourth-order valence-corrected chi connectivity index (χ4v) is 4.47. The van der Waals surface area contributed by atoms with E-state index in [0.29, 0.717) is 37.3 Å². The van der Waals surface area contributed by atoms with Crippen molar-refractivity contribution in [1.82, 2.24) is 4.90 Å². The van der Waals surface area contributed by atoms with E-state index in [4.69, 9.17) is 13.9 Å². The van der Waals surface area contributed by atoms with Crippen LogP contribution in [0.15, 0.2) is 18.2 Å². The summed E-state index contributed by atoms with van der Waals surface area (Å²) in [6.07, 6.45) is 0.358. The highest BCUT2D eigenvalue weighted by molar-refractivity contribution is 6.74. The van der Waals surface area contributed by atoms with E-state index < -0.39 is 14.5 Å². The molecular weight excluding hydrogens is 374 g/mol. The molecule has 0 saturated carbocycles. The van der Waals surface area contributed by atoms with Gasteiger partial charge in [0.2, 0.25) is 5.91 Å². The van der Waals surface area contributed by atoms with Gasteiger partial charge >= 0.3 is 0 Å². The first-order chi connectivity index (χ1) is 13.0. The lowest BCUT2D eigenvalue weighted by Crippen LogP contribution is -2.56. The minimum Gasteiger partial charge on any atom is -0.493 e. The molecule has 0 spiro atoms. The maximum Gasteiger partial charge on any atom is 0.224 e. The van der Waals surface area contributed by atoms with Gasteiger partial charge in [-0.25, -0.2) is 0 Å². The zero-order chi connectivity index (χ0) is 21.1. The summed E-state index contributed by atoms with van der Waals surface area (Å²) < 4.78 is 17.0. The van der Waals surface area contributed by atoms with E-state index in [1.165, 1.54) is 0 Å². The Bertz CT molecular complexity index is 686. The van der Waals surface area contributed by atoms with Crippen molar-refractivity contribution in [3.8, 4) is 11.5 Å². The van der Waals surface area contributed by atoms with E-state index in [1.54, 1.807) is 19.1 Å². The Morgan fingerprint density at radius 2 is 1.82 bits per heavy atom. The second-order valence-electron chi connectivity index (χ2n) is 8.90. The number of carbonyl (C=O) groups is 1. The van der Waals surface area contributed by atoms with Crippen LogP contribution in [0.2, 0.25) is 18.1 Å². The predicted molar refractivity (Wildman–Crippen MR) is 112 cm³/mol. The van der Waals surface area contributed by atoms with E-state index in [2.05, 4.69) is 33.9 Å². The summed E-state index contributed by atoms with van der Waals surface area (Å²) in [5, 5.41) is 10.9. The molecule has 0 aliphatic carbocycles. The molecule has 1 aliphatic heterocycles. The van der Waals surface area contributed by atoms with Gasteiger partial charge in [0.05, 0.1) is 20.3 Å². The fraction of sp³-hybridized carbons (Fsp3) is 0.667. The molecule has 1 fully saturated rings. The average molecular weight is 410 g/mol. The van der Waals surface area contributed by atoms with Crippen LogP contribution in [0.4, 0.5) is 0 Å². The highest BCUT2D eigenvalue weighted by atomic mass is 28.4. The smallest absolute Gasteiger partial charge is 0.224 e. The summed E-state index contributed by atoms with van der Waals surface area (Å²) in [4.78, 5) is 14.0. The molecule has 1 N–H and O–H groups in total. The second-order valence-corrected chi connectivity index (χ2v) is 13.7. The quantitative estimate of drug-likeness (QED) is 0.697. The summed E-state index contributed by atoms with van der Waals surface area (Å²) in [7, 11) is 1.18. The Kier molecular flexibility index (Phi) is 7.17. The molecule has 1 aliphatic rings. The molecule has 28 heavy (non-hydrogen) atoms. The molecule has 1 unspecified atom stereocenters. The lowest BCUT2D eigenvalue weighted by atomic mass is 10.0. The molecule has 0 radical (unpaired) electrons. The topological polar surface area (TPSA) is 68.2 Å². The van der Waals surface area contributed by atoms with Crippen LogP contribution in [0, 0.1) is 0 Å². The summed E-state index contributed by atoms with van der Waals surface area (Å²) in [5.74, 6) is 1.30. The molecule has 1 aromatic carbocycles. The first-order valence-electron chi connectivity index (χ1n) is 9.86. The van der Waals surface area contributed by atoms with Gasteiger partial charge in [-0.15, -0.1) is 0 Å². The number of hydrogen-bond acceptors (Lipinski definition) is 5. The van der Waals surface area contributed by atoms with E-state index in [1.807, 2.05) is 18.2 Å². The monoisotopic (exact) mass is 409 g/mol. The summed E-state index contributed by atoms with van der Waals surface area (Å²) in [5.41, 5.74) is 1.02. The van der Waals surface area contributed by atoms with Crippen molar-refractivity contribution in [3.63, 3.8) is 0 Å². The Morgan fingerprint density at radius 3 is 2.39 bits per heavy atom. The van der Waals surface area contributed by atoms with E-state index >= 15 is 0 Å². The number of carbonyl (C=O) groups excluding carboxylic acids is 1. The number of aliphatic hydroxyl groups excluding tert-OH is 1. The molecule has 2 atom stereocenters. The maximum absolute atomic E-state index is 12.4. The zero-order valence-electron chi connectivity index (χ0n) is 18.2. The molecule has 7 heteroatoms. The first kappa shape index (κ1) is 22.7. The van der Waals surface area contributed by atoms with Gasteiger partial charge in [0.25, 0.3) is 0 Å². The van der Waals surface area contributed by atoms with Gasteiger partial charge in [0.1, 0.15) is 0 Å². The van der Waals surface area contributed by atoms with Gasteiger partial charge in [0.15, 0.2) is 26.0 Å². The third-order valence-electron chi connectivity index (χ3n) is 5.96. The third-order valence-corrected chi connectivity index (χ3v) is 10.5. The molecule has 1 saturated heterocycles. The number of ether oxygens (including phenoxy) is 2. The Balaban J connectivity index is 2.07. The van der Waals surface area contributed by atoms with Crippen molar-refractivity contribution in [2.45, 2.75) is 70.5 Å². The highest BCUT2D eigenvalue weighted by Gasteiger charge is 2.43. The van der Waals surface area contributed by atoms with E-state index in [9.17, 15) is 9.90 Å². The van der Waals surface area contributed by atoms with Crippen LogP contribution in [0.3, 0.4) is 0 Å². The number of hydrogen-bond donors (Lipinski definition) is 1. The largest absolute Gasteiger partial charge is 0.493 e. The van der Waals surface area contributed by atoms with Crippen molar-refractivity contribution < 1.29 is 23.8 Å². The highest BCUT2D eigenvalue weighted by Crippen LogP contribution is 2.39. The van der Waals surface area contributed by atoms with Gasteiger partial charge < -0.3 is 23.9 Å². The Hall–Kier alpha value is -1.57. The lowest BCUT2D eigenvalue weighted by molar-refractivity contribution is -0.159. The van der Waals surface area contributed by atoms with Gasteiger partial charge in [-0.2, -0.15) is 0 Å². The van der Waals surface area contributed by atoms with Crippen LogP contribution < -0.4 is 9.47 Å². The molecule has 0 bridgehead atoms. The molecule has 0 aromatic heterocycles. The van der Waals surface area contributed by atoms with E-state index in [-0.39, 0.29) is 17.0 Å². The number of piperidine rings is 1. The van der Waals surface area contributed by atoms with Crippen molar-refractivity contribution in [2.75, 3.05) is 20.8 Å². The minimum absolute atomic E-state index is 0.0249. The van der Waals surface area contributed by atoms with Crippen molar-refractivity contribution in [1.29, 1.82) is 0 Å². The summed E-state index contributed by atoms with van der Waals surface area (Å²) >= 11 is 0. The SMILES string of the molecule is COc1ccc(CCN2C(=O)CC[C@H](O[Si](C)(C)C(C)(C)C)C2O)cc1OC. The number of benzene rings is 1. The Morgan fingerprint density at radius 1 is 1.18 bits per heavy atom. The predicted octanol–water partition coefficient (Wildman–Crippen LogP) is 3.58. The van der Waals surface area contributed by atoms with Crippen LogP contribution in [0.25, 0.3) is 0 Å². The maximum atomic E-state index is 12.4. The van der Waals surface area contributed by atoms with Crippen LogP contribution in [0.5, 0.6) is 11.5 Å². The van der Waals surface area contributed by atoms with Gasteiger partial charge in [-0.1, -0.05) is 26.8 Å². The molecular formula is C21H35NO5Si. The van der Waals surface area contributed by atoms with Gasteiger partial charge in [-0.05, 0) is 48.7 Å². The number of likely N-dealkylation sites (tertiary alicyclic amines) is 1. The standard InChI is InChI=1S/C21H35NO5Si/c1-21(2,3)28(6,7)27-17-10-11-19(23)22(20(17)24)13-12-15-8-9-16(25-4)18(14-15)26-5/h8-9,14,17,20,24H,10-13H2,1-7H3/t17-,20?/m0/s1. The summed E-state index contributed by atoms with van der Waals surface area (Å²) in [6, 6.07) is 5.71. The average Bonchev–Trinajstić information content (AvgIpc) is 2.62. The van der Waals surface area contributed by atoms with Crippen LogP contribution in [0.1, 0.15) is 39.2 Å². The van der Waals surface area contributed by atoms with Crippen LogP contribution >= 0.6 is 0 Å². The van der Waals surface area contributed by atoms with Crippen molar-refractivity contribution >= 4 is 14.2 Å². The number of nitrogens with zero attached hydrogens (tertiary/aromatic N) is 1. The second kappa shape index (κ2) is 8.84. The van der Waals surface area contributed by atoms with Crippen LogP contribution in [-0.4, -0.2) is 57.3 Å². The molecule has 1 heterocycles. The molecule has 1 aromatic rings. The Labute approximate surface area is 169 Å². The van der Waals surface area contributed by atoms with Crippen LogP contribution in [-0.2, 0) is 15.6 Å². The molecule has 6 nitrogen and oxygen atoms in total. The normalized spacial score (nSPS) is 21.0.